The zero-order valence-electron chi connectivity index (χ0n) is 12.7. The summed E-state index contributed by atoms with van der Waals surface area (Å²) >= 11 is 3.34. The Balaban J connectivity index is 2.56. The Labute approximate surface area is 135 Å². The van der Waals surface area contributed by atoms with Crippen LogP contribution in [-0.2, 0) is 0 Å². The molecule has 0 atom stereocenters. The van der Waals surface area contributed by atoms with Crippen LogP contribution in [0, 0.1) is 0 Å². The maximum absolute atomic E-state index is 12.5. The molecule has 0 saturated carbocycles. The molecule has 0 aliphatic heterocycles. The molecule has 1 aromatic rings. The number of hydrogen-bond acceptors (Lipinski definition) is 3. The highest BCUT2D eigenvalue weighted by Gasteiger charge is 2.15. The molecule has 0 unspecified atom stereocenters. The summed E-state index contributed by atoms with van der Waals surface area (Å²) in [5.41, 5.74) is 0.593. The topological polar surface area (TPSA) is 53.4 Å². The predicted molar refractivity (Wildman–Crippen MR) is 88.3 cm³/mol. The largest absolute Gasteiger partial charge is 0.396 e. The summed E-state index contributed by atoms with van der Waals surface area (Å²) in [7, 11) is 0. The van der Waals surface area contributed by atoms with Crippen molar-refractivity contribution in [3.8, 4) is 0 Å². The second-order valence-electron chi connectivity index (χ2n) is 5.18. The number of unbranched alkanes of at least 4 members (excludes halogenated alkanes) is 4. The lowest BCUT2D eigenvalue weighted by atomic mass is 10.1. The van der Waals surface area contributed by atoms with Crippen molar-refractivity contribution >= 4 is 21.8 Å². The molecule has 21 heavy (non-hydrogen) atoms. The van der Waals surface area contributed by atoms with Crippen molar-refractivity contribution in [3.63, 3.8) is 0 Å². The molecule has 0 saturated heterocycles. The van der Waals surface area contributed by atoms with Crippen molar-refractivity contribution in [2.75, 3.05) is 19.7 Å². The van der Waals surface area contributed by atoms with Gasteiger partial charge in [-0.25, -0.2) is 0 Å². The number of aliphatic hydroxyl groups excluding tert-OH is 1. The Bertz CT molecular complexity index is 426. The van der Waals surface area contributed by atoms with Crippen molar-refractivity contribution in [2.45, 2.75) is 45.4 Å². The zero-order valence-corrected chi connectivity index (χ0v) is 14.3. The first-order valence-corrected chi connectivity index (χ1v) is 8.49. The molecule has 0 fully saturated rings. The van der Waals surface area contributed by atoms with E-state index in [-0.39, 0.29) is 12.5 Å². The molecule has 0 aliphatic rings. The molecule has 0 aliphatic carbocycles. The van der Waals surface area contributed by atoms with Crippen molar-refractivity contribution in [1.82, 2.24) is 9.88 Å². The van der Waals surface area contributed by atoms with Gasteiger partial charge in [-0.3, -0.25) is 9.78 Å². The molecule has 1 amide bonds. The lowest BCUT2D eigenvalue weighted by Gasteiger charge is -2.22. The number of carbonyl (C=O) groups excluding carboxylic acids is 1. The maximum atomic E-state index is 12.5. The van der Waals surface area contributed by atoms with Gasteiger partial charge >= 0.3 is 0 Å². The summed E-state index contributed by atoms with van der Waals surface area (Å²) in [6.45, 7) is 3.64. The molecule has 1 rings (SSSR count). The van der Waals surface area contributed by atoms with Crippen LogP contribution >= 0.6 is 15.9 Å². The van der Waals surface area contributed by atoms with Gasteiger partial charge in [0, 0.05) is 36.6 Å². The summed E-state index contributed by atoms with van der Waals surface area (Å²) < 4.78 is 0.804. The fourth-order valence-corrected chi connectivity index (χ4v) is 2.56. The van der Waals surface area contributed by atoms with Crippen LogP contribution in [0.3, 0.4) is 0 Å². The first-order valence-electron chi connectivity index (χ1n) is 7.69. The second kappa shape index (κ2) is 10.7. The Morgan fingerprint density at radius 3 is 2.57 bits per heavy atom. The van der Waals surface area contributed by atoms with E-state index in [0.717, 1.165) is 23.9 Å². The Kier molecular flexibility index (Phi) is 9.26. The first kappa shape index (κ1) is 18.1. The van der Waals surface area contributed by atoms with E-state index in [4.69, 9.17) is 5.11 Å². The predicted octanol–water partition coefficient (Wildman–Crippen LogP) is 3.64. The van der Waals surface area contributed by atoms with Crippen LogP contribution in [0.15, 0.2) is 22.9 Å². The standard InChI is InChI=1S/C16H25BrN2O2/c1-2-3-4-5-6-8-19(9-7-10-20)16(21)14-11-15(17)13-18-12-14/h11-13,20H,2-10H2,1H3. The number of aliphatic hydroxyl groups is 1. The van der Waals surface area contributed by atoms with Crippen molar-refractivity contribution in [2.24, 2.45) is 0 Å². The normalized spacial score (nSPS) is 10.6. The smallest absolute Gasteiger partial charge is 0.255 e. The van der Waals surface area contributed by atoms with Crippen LogP contribution in [0.25, 0.3) is 0 Å². The van der Waals surface area contributed by atoms with Gasteiger partial charge in [0.25, 0.3) is 5.91 Å². The number of nitrogens with zero attached hydrogens (tertiary/aromatic N) is 2. The summed E-state index contributed by atoms with van der Waals surface area (Å²) in [6, 6.07) is 1.79. The highest BCUT2D eigenvalue weighted by molar-refractivity contribution is 9.10. The molecule has 118 valence electrons. The average molecular weight is 357 g/mol. The molecule has 0 aromatic carbocycles. The first-order chi connectivity index (χ1) is 10.2. The Morgan fingerprint density at radius 1 is 1.19 bits per heavy atom. The van der Waals surface area contributed by atoms with E-state index in [2.05, 4.69) is 27.8 Å². The summed E-state index contributed by atoms with van der Waals surface area (Å²) in [6.07, 6.45) is 9.72. The lowest BCUT2D eigenvalue weighted by molar-refractivity contribution is 0.0741. The van der Waals surface area contributed by atoms with Gasteiger partial charge in [0.1, 0.15) is 0 Å². The summed E-state index contributed by atoms with van der Waals surface area (Å²) in [5.74, 6) is -0.00672. The Hall–Kier alpha value is -0.940. The monoisotopic (exact) mass is 356 g/mol. The van der Waals surface area contributed by atoms with Gasteiger partial charge in [-0.15, -0.1) is 0 Å². The van der Waals surface area contributed by atoms with Gasteiger partial charge in [-0.1, -0.05) is 32.6 Å². The molecule has 1 heterocycles. The third-order valence-corrected chi connectivity index (χ3v) is 3.79. The minimum Gasteiger partial charge on any atom is -0.396 e. The van der Waals surface area contributed by atoms with Crippen LogP contribution in [-0.4, -0.2) is 40.6 Å². The summed E-state index contributed by atoms with van der Waals surface area (Å²) in [5, 5.41) is 9.00. The quantitative estimate of drug-likeness (QED) is 0.651. The molecular weight excluding hydrogens is 332 g/mol. The van der Waals surface area contributed by atoms with Crippen LogP contribution < -0.4 is 0 Å². The number of hydrogen-bond donors (Lipinski definition) is 1. The van der Waals surface area contributed by atoms with Crippen molar-refractivity contribution in [3.05, 3.63) is 28.5 Å². The third kappa shape index (κ3) is 7.05. The molecule has 0 radical (unpaired) electrons. The second-order valence-corrected chi connectivity index (χ2v) is 6.09. The van der Waals surface area contributed by atoms with E-state index >= 15 is 0 Å². The fourth-order valence-electron chi connectivity index (χ4n) is 2.19. The summed E-state index contributed by atoms with van der Waals surface area (Å²) in [4.78, 5) is 18.4. The molecule has 1 N–H and O–H groups in total. The van der Waals surface area contributed by atoms with Crippen molar-refractivity contribution < 1.29 is 9.90 Å². The van der Waals surface area contributed by atoms with Crippen LogP contribution in [0.5, 0.6) is 0 Å². The van der Waals surface area contributed by atoms with Gasteiger partial charge in [-0.05, 0) is 34.8 Å². The molecule has 0 bridgehead atoms. The lowest BCUT2D eigenvalue weighted by Crippen LogP contribution is -2.33. The minimum atomic E-state index is -0.00672. The highest BCUT2D eigenvalue weighted by Crippen LogP contribution is 2.13. The highest BCUT2D eigenvalue weighted by atomic mass is 79.9. The molecule has 1 aromatic heterocycles. The SMILES string of the molecule is CCCCCCCN(CCCO)C(=O)c1cncc(Br)c1. The van der Waals surface area contributed by atoms with E-state index < -0.39 is 0 Å². The maximum Gasteiger partial charge on any atom is 0.255 e. The molecule has 4 nitrogen and oxygen atoms in total. The van der Waals surface area contributed by atoms with Gasteiger partial charge in [-0.2, -0.15) is 0 Å². The van der Waals surface area contributed by atoms with Crippen molar-refractivity contribution in [1.29, 1.82) is 0 Å². The zero-order chi connectivity index (χ0) is 15.5. The number of pyridine rings is 1. The van der Waals surface area contributed by atoms with Gasteiger partial charge in [0.2, 0.25) is 0 Å². The van der Waals surface area contributed by atoms with E-state index in [1.807, 2.05) is 4.90 Å². The van der Waals surface area contributed by atoms with Crippen LogP contribution in [0.4, 0.5) is 0 Å². The molecular formula is C16H25BrN2O2. The van der Waals surface area contributed by atoms with Gasteiger partial charge in [0.05, 0.1) is 5.56 Å². The fraction of sp³-hybridized carbons (Fsp3) is 0.625. The third-order valence-electron chi connectivity index (χ3n) is 3.36. The molecule has 5 heteroatoms. The average Bonchev–Trinajstić information content (AvgIpc) is 2.49. The Morgan fingerprint density at radius 2 is 1.90 bits per heavy atom. The van der Waals surface area contributed by atoms with E-state index in [1.165, 1.54) is 19.3 Å². The number of carbonyl (C=O) groups is 1. The van der Waals surface area contributed by atoms with E-state index in [0.29, 0.717) is 18.5 Å². The van der Waals surface area contributed by atoms with Crippen LogP contribution in [0.2, 0.25) is 0 Å². The van der Waals surface area contributed by atoms with E-state index in [1.54, 1.807) is 18.5 Å². The number of rotatable bonds is 10. The van der Waals surface area contributed by atoms with Gasteiger partial charge < -0.3 is 10.0 Å². The number of halogens is 1. The van der Waals surface area contributed by atoms with Crippen LogP contribution in [0.1, 0.15) is 55.8 Å². The number of amides is 1. The number of aromatic nitrogens is 1. The molecule has 0 spiro atoms. The minimum absolute atomic E-state index is 0.00672. The van der Waals surface area contributed by atoms with Gasteiger partial charge in [0.15, 0.2) is 0 Å². The van der Waals surface area contributed by atoms with E-state index in [9.17, 15) is 4.79 Å².